The van der Waals surface area contributed by atoms with Gasteiger partial charge in [0.2, 0.25) is 0 Å². The van der Waals surface area contributed by atoms with Gasteiger partial charge in [-0.05, 0) is 38.4 Å². The number of hydrogen-bond donors (Lipinski definition) is 0. The summed E-state index contributed by atoms with van der Waals surface area (Å²) in [7, 11) is 0. The molecule has 3 rings (SSSR count). The molecule has 2 aliphatic rings. The molecule has 1 aromatic heterocycles. The molecule has 1 aromatic rings. The molecule has 2 fully saturated rings. The molecule has 0 N–H and O–H groups in total. The third kappa shape index (κ3) is 4.09. The van der Waals surface area contributed by atoms with Crippen molar-refractivity contribution >= 4 is 17.3 Å². The van der Waals surface area contributed by atoms with Gasteiger partial charge in [-0.2, -0.15) is 0 Å². The van der Waals surface area contributed by atoms with Crippen LogP contribution in [0.15, 0.2) is 18.5 Å². The van der Waals surface area contributed by atoms with Gasteiger partial charge in [-0.25, -0.2) is 0 Å². The molecule has 21 heavy (non-hydrogen) atoms. The molecular formula is C16H24ClN3O. The molecule has 5 heteroatoms. The van der Waals surface area contributed by atoms with Gasteiger partial charge in [0.15, 0.2) is 0 Å². The van der Waals surface area contributed by atoms with Crippen LogP contribution in [-0.2, 0) is 4.74 Å². The first-order valence-corrected chi connectivity index (χ1v) is 8.39. The van der Waals surface area contributed by atoms with Crippen molar-refractivity contribution in [3.63, 3.8) is 0 Å². The van der Waals surface area contributed by atoms with Gasteiger partial charge in [-0.3, -0.25) is 4.98 Å². The molecule has 1 atom stereocenters. The van der Waals surface area contributed by atoms with Crippen molar-refractivity contribution in [2.75, 3.05) is 44.2 Å². The second kappa shape index (κ2) is 7.43. The molecule has 0 bridgehead atoms. The van der Waals surface area contributed by atoms with E-state index in [-0.39, 0.29) is 0 Å². The summed E-state index contributed by atoms with van der Waals surface area (Å²) in [5, 5.41) is 0.728. The molecule has 0 amide bonds. The number of pyridine rings is 1. The van der Waals surface area contributed by atoms with Crippen molar-refractivity contribution < 1.29 is 4.74 Å². The van der Waals surface area contributed by atoms with Crippen molar-refractivity contribution in [1.82, 2.24) is 9.88 Å². The molecular weight excluding hydrogens is 286 g/mol. The quantitative estimate of drug-likeness (QED) is 0.836. The molecule has 2 aliphatic heterocycles. The van der Waals surface area contributed by atoms with Crippen LogP contribution in [0.4, 0.5) is 5.69 Å². The van der Waals surface area contributed by atoms with Gasteiger partial charge in [-0.1, -0.05) is 18.0 Å². The van der Waals surface area contributed by atoms with Crippen LogP contribution in [0.25, 0.3) is 0 Å². The Morgan fingerprint density at radius 2 is 2.10 bits per heavy atom. The maximum atomic E-state index is 6.21. The van der Waals surface area contributed by atoms with Crippen LogP contribution in [-0.4, -0.2) is 55.3 Å². The maximum absolute atomic E-state index is 6.21. The predicted molar refractivity (Wildman–Crippen MR) is 86.1 cm³/mol. The second-order valence-electron chi connectivity index (χ2n) is 5.96. The Morgan fingerprint density at radius 1 is 1.24 bits per heavy atom. The summed E-state index contributed by atoms with van der Waals surface area (Å²) in [5.74, 6) is 0. The lowest BCUT2D eigenvalue weighted by Crippen LogP contribution is -2.34. The van der Waals surface area contributed by atoms with Crippen LogP contribution in [0.3, 0.4) is 0 Å². The van der Waals surface area contributed by atoms with E-state index in [4.69, 9.17) is 16.3 Å². The summed E-state index contributed by atoms with van der Waals surface area (Å²) in [6.07, 6.45) is 9.00. The fraction of sp³-hybridized carbons (Fsp3) is 0.688. The second-order valence-corrected chi connectivity index (χ2v) is 6.36. The monoisotopic (exact) mass is 309 g/mol. The SMILES string of the molecule is Clc1cnccc1N1CC[C@H](OCCN2CCCCC2)C1. The highest BCUT2D eigenvalue weighted by atomic mass is 35.5. The van der Waals surface area contributed by atoms with Crippen LogP contribution < -0.4 is 4.90 Å². The van der Waals surface area contributed by atoms with Gasteiger partial charge in [0.1, 0.15) is 0 Å². The number of ether oxygens (including phenoxy) is 1. The number of likely N-dealkylation sites (tertiary alicyclic amines) is 1. The topological polar surface area (TPSA) is 28.6 Å². The fourth-order valence-corrected chi connectivity index (χ4v) is 3.48. The van der Waals surface area contributed by atoms with E-state index in [1.165, 1.54) is 32.4 Å². The van der Waals surface area contributed by atoms with Gasteiger partial charge >= 0.3 is 0 Å². The number of halogens is 1. The first kappa shape index (κ1) is 15.1. The molecule has 0 aliphatic carbocycles. The summed E-state index contributed by atoms with van der Waals surface area (Å²) in [5.41, 5.74) is 1.08. The molecule has 0 saturated carbocycles. The van der Waals surface area contributed by atoms with Gasteiger partial charge in [0.25, 0.3) is 0 Å². The smallest absolute Gasteiger partial charge is 0.0822 e. The zero-order valence-corrected chi connectivity index (χ0v) is 13.3. The van der Waals surface area contributed by atoms with Crippen LogP contribution >= 0.6 is 11.6 Å². The third-order valence-electron chi connectivity index (χ3n) is 4.45. The van der Waals surface area contributed by atoms with Gasteiger partial charge < -0.3 is 14.5 Å². The molecule has 0 spiro atoms. The molecule has 0 unspecified atom stereocenters. The maximum Gasteiger partial charge on any atom is 0.0822 e. The summed E-state index contributed by atoms with van der Waals surface area (Å²) in [6.45, 7) is 6.36. The first-order chi connectivity index (χ1) is 10.3. The fourth-order valence-electron chi connectivity index (χ4n) is 3.24. The summed E-state index contributed by atoms with van der Waals surface area (Å²) >= 11 is 6.21. The van der Waals surface area contributed by atoms with Crippen LogP contribution in [0.1, 0.15) is 25.7 Å². The van der Waals surface area contributed by atoms with Gasteiger partial charge in [0.05, 0.1) is 23.4 Å². The predicted octanol–water partition coefficient (Wildman–Crippen LogP) is 2.82. The van der Waals surface area contributed by atoms with Crippen molar-refractivity contribution in [1.29, 1.82) is 0 Å². The number of rotatable bonds is 5. The number of anilines is 1. The Hall–Kier alpha value is -0.840. The van der Waals surface area contributed by atoms with E-state index >= 15 is 0 Å². The number of aromatic nitrogens is 1. The Kier molecular flexibility index (Phi) is 5.33. The lowest BCUT2D eigenvalue weighted by Gasteiger charge is -2.26. The normalized spacial score (nSPS) is 23.7. The van der Waals surface area contributed by atoms with Crippen molar-refractivity contribution in [3.8, 4) is 0 Å². The van der Waals surface area contributed by atoms with Crippen molar-refractivity contribution in [2.24, 2.45) is 0 Å². The van der Waals surface area contributed by atoms with E-state index < -0.39 is 0 Å². The highest BCUT2D eigenvalue weighted by Crippen LogP contribution is 2.28. The van der Waals surface area contributed by atoms with E-state index in [1.54, 1.807) is 12.4 Å². The minimum Gasteiger partial charge on any atom is -0.375 e. The highest BCUT2D eigenvalue weighted by Gasteiger charge is 2.24. The van der Waals surface area contributed by atoms with Crippen LogP contribution in [0.2, 0.25) is 5.02 Å². The van der Waals surface area contributed by atoms with Crippen molar-refractivity contribution in [3.05, 3.63) is 23.5 Å². The number of nitrogens with zero attached hydrogens (tertiary/aromatic N) is 3. The third-order valence-corrected chi connectivity index (χ3v) is 4.74. The Labute approximate surface area is 132 Å². The standard InChI is InChI=1S/C16H24ClN3O/c17-15-12-18-6-4-16(15)20-9-5-14(13-20)21-11-10-19-7-2-1-3-8-19/h4,6,12,14H,1-3,5,7-11,13H2/t14-/m0/s1. The van der Waals surface area contributed by atoms with E-state index in [1.807, 2.05) is 6.07 Å². The largest absolute Gasteiger partial charge is 0.375 e. The first-order valence-electron chi connectivity index (χ1n) is 8.01. The summed E-state index contributed by atoms with van der Waals surface area (Å²) < 4.78 is 6.06. The average molecular weight is 310 g/mol. The van der Waals surface area contributed by atoms with Gasteiger partial charge in [-0.15, -0.1) is 0 Å². The van der Waals surface area contributed by atoms with Crippen LogP contribution in [0, 0.1) is 0 Å². The molecule has 0 radical (unpaired) electrons. The Morgan fingerprint density at radius 3 is 2.90 bits per heavy atom. The van der Waals surface area contributed by atoms with E-state index in [2.05, 4.69) is 14.8 Å². The molecule has 2 saturated heterocycles. The Bertz CT molecular complexity index is 451. The van der Waals surface area contributed by atoms with Gasteiger partial charge in [0, 0.05) is 32.0 Å². The number of hydrogen-bond acceptors (Lipinski definition) is 4. The summed E-state index contributed by atoms with van der Waals surface area (Å²) in [6, 6.07) is 1.98. The molecule has 116 valence electrons. The molecule has 4 nitrogen and oxygen atoms in total. The minimum absolute atomic E-state index is 0.332. The molecule has 3 heterocycles. The Balaban J connectivity index is 1.41. The van der Waals surface area contributed by atoms with E-state index in [9.17, 15) is 0 Å². The highest BCUT2D eigenvalue weighted by molar-refractivity contribution is 6.33. The summed E-state index contributed by atoms with van der Waals surface area (Å²) in [4.78, 5) is 8.87. The zero-order valence-electron chi connectivity index (χ0n) is 12.5. The van der Waals surface area contributed by atoms with Crippen LogP contribution in [0.5, 0.6) is 0 Å². The average Bonchev–Trinajstić information content (AvgIpc) is 2.97. The zero-order chi connectivity index (χ0) is 14.5. The lowest BCUT2D eigenvalue weighted by atomic mass is 10.1. The minimum atomic E-state index is 0.332. The lowest BCUT2D eigenvalue weighted by molar-refractivity contribution is 0.0467. The van der Waals surface area contributed by atoms with Crippen molar-refractivity contribution in [2.45, 2.75) is 31.8 Å². The van der Waals surface area contributed by atoms with E-state index in [0.29, 0.717) is 6.10 Å². The van der Waals surface area contributed by atoms with E-state index in [0.717, 1.165) is 43.4 Å². The number of piperidine rings is 1. The molecule has 0 aromatic carbocycles.